The zero-order valence-electron chi connectivity index (χ0n) is 17.7. The molecule has 0 aliphatic rings. The van der Waals surface area contributed by atoms with Crippen molar-refractivity contribution in [2.24, 2.45) is 0 Å². The molecule has 0 spiro atoms. The van der Waals surface area contributed by atoms with Crippen molar-refractivity contribution < 1.29 is 18.8 Å². The molecule has 2 aromatic carbocycles. The van der Waals surface area contributed by atoms with Crippen molar-refractivity contribution in [1.29, 1.82) is 0 Å². The van der Waals surface area contributed by atoms with Gasteiger partial charge >= 0.3 is 0 Å². The van der Waals surface area contributed by atoms with Crippen molar-refractivity contribution in [3.8, 4) is 5.75 Å². The molecule has 0 aliphatic carbocycles. The molecule has 0 bridgehead atoms. The summed E-state index contributed by atoms with van der Waals surface area (Å²) in [7, 11) is 0. The van der Waals surface area contributed by atoms with Gasteiger partial charge in [-0.15, -0.1) is 0 Å². The number of aromatic nitrogens is 2. The van der Waals surface area contributed by atoms with Crippen LogP contribution in [0.3, 0.4) is 0 Å². The Kier molecular flexibility index (Phi) is 7.75. The Hall–Kier alpha value is -3.68. The Balaban J connectivity index is 1.48. The highest BCUT2D eigenvalue weighted by Crippen LogP contribution is 2.17. The highest BCUT2D eigenvalue weighted by Gasteiger charge is 2.10. The molecule has 3 rings (SSSR count). The highest BCUT2D eigenvalue weighted by atomic mass is 16.5. The van der Waals surface area contributed by atoms with E-state index in [1.807, 2.05) is 13.8 Å². The molecule has 0 fully saturated rings. The first-order chi connectivity index (χ1) is 15.1. The van der Waals surface area contributed by atoms with E-state index in [9.17, 15) is 9.59 Å². The maximum absolute atomic E-state index is 12.4. The molecule has 0 unspecified atom stereocenters. The van der Waals surface area contributed by atoms with Crippen molar-refractivity contribution in [3.05, 3.63) is 65.8 Å². The van der Waals surface area contributed by atoms with Crippen LogP contribution < -0.4 is 15.4 Å². The normalized spacial score (nSPS) is 10.5. The molecule has 2 amide bonds. The Labute approximate surface area is 181 Å². The van der Waals surface area contributed by atoms with Crippen molar-refractivity contribution in [2.75, 3.05) is 17.2 Å². The van der Waals surface area contributed by atoms with Gasteiger partial charge < -0.3 is 19.9 Å². The third-order valence-corrected chi connectivity index (χ3v) is 4.40. The average molecular weight is 422 g/mol. The minimum absolute atomic E-state index is 0.165. The minimum atomic E-state index is -0.235. The highest BCUT2D eigenvalue weighted by molar-refractivity contribution is 6.04. The van der Waals surface area contributed by atoms with Crippen LogP contribution in [0, 0.1) is 0 Å². The summed E-state index contributed by atoms with van der Waals surface area (Å²) in [5.74, 6) is 1.47. The van der Waals surface area contributed by atoms with Crippen LogP contribution in [0.1, 0.15) is 48.8 Å². The Morgan fingerprint density at radius 3 is 2.29 bits per heavy atom. The van der Waals surface area contributed by atoms with Crippen LogP contribution in [0.2, 0.25) is 0 Å². The second-order valence-corrected chi connectivity index (χ2v) is 6.89. The van der Waals surface area contributed by atoms with E-state index in [2.05, 4.69) is 20.8 Å². The molecule has 8 nitrogen and oxygen atoms in total. The second kappa shape index (κ2) is 10.9. The lowest BCUT2D eigenvalue weighted by Gasteiger charge is -2.08. The van der Waals surface area contributed by atoms with Crippen LogP contribution in [0.5, 0.6) is 5.75 Å². The van der Waals surface area contributed by atoms with Crippen LogP contribution in [0.4, 0.5) is 11.4 Å². The summed E-state index contributed by atoms with van der Waals surface area (Å²) < 4.78 is 10.5. The number of hydrogen-bond acceptors (Lipinski definition) is 6. The van der Waals surface area contributed by atoms with Crippen LogP contribution in [-0.2, 0) is 17.6 Å². The van der Waals surface area contributed by atoms with E-state index < -0.39 is 0 Å². The van der Waals surface area contributed by atoms with Gasteiger partial charge in [0.25, 0.3) is 5.91 Å². The van der Waals surface area contributed by atoms with Crippen molar-refractivity contribution in [1.82, 2.24) is 10.1 Å². The standard InChI is InChI=1S/C23H26N4O4/c1-3-5-20-26-22(31-27-20)15-14-21(28)24-17-8-6-16(7-9-17)23(29)25-18-10-12-19(13-11-18)30-4-2/h6-13H,3-5,14-15H2,1-2H3,(H,24,28)(H,25,29). The number of ether oxygens (including phenoxy) is 1. The van der Waals surface area contributed by atoms with Crippen LogP contribution in [-0.4, -0.2) is 28.6 Å². The smallest absolute Gasteiger partial charge is 0.255 e. The van der Waals surface area contributed by atoms with Gasteiger partial charge in [-0.1, -0.05) is 12.1 Å². The molecule has 8 heteroatoms. The van der Waals surface area contributed by atoms with Gasteiger partial charge in [-0.2, -0.15) is 4.98 Å². The summed E-state index contributed by atoms with van der Waals surface area (Å²) in [6.45, 7) is 4.54. The molecule has 1 aromatic heterocycles. The van der Waals surface area contributed by atoms with Gasteiger partial charge in [-0.05, 0) is 61.9 Å². The number of rotatable bonds is 10. The predicted molar refractivity (Wildman–Crippen MR) is 117 cm³/mol. The fourth-order valence-electron chi connectivity index (χ4n) is 2.87. The lowest BCUT2D eigenvalue weighted by Crippen LogP contribution is -2.14. The first-order valence-electron chi connectivity index (χ1n) is 10.3. The quantitative estimate of drug-likeness (QED) is 0.506. The fraction of sp³-hybridized carbons (Fsp3) is 0.304. The molecular formula is C23H26N4O4. The van der Waals surface area contributed by atoms with E-state index in [1.54, 1.807) is 48.5 Å². The molecule has 0 radical (unpaired) electrons. The van der Waals surface area contributed by atoms with E-state index in [0.717, 1.165) is 18.6 Å². The summed E-state index contributed by atoms with van der Waals surface area (Å²) >= 11 is 0. The average Bonchev–Trinajstić information content (AvgIpc) is 3.22. The number of carbonyl (C=O) groups is 2. The Morgan fingerprint density at radius 1 is 0.935 bits per heavy atom. The summed E-state index contributed by atoms with van der Waals surface area (Å²) in [6, 6.07) is 13.9. The Bertz CT molecular complexity index is 997. The van der Waals surface area contributed by atoms with Gasteiger partial charge in [-0.25, -0.2) is 0 Å². The van der Waals surface area contributed by atoms with Gasteiger partial charge in [0.15, 0.2) is 5.82 Å². The number of carbonyl (C=O) groups excluding carboxylic acids is 2. The zero-order chi connectivity index (χ0) is 22.1. The van der Waals surface area contributed by atoms with E-state index in [1.165, 1.54) is 0 Å². The van der Waals surface area contributed by atoms with Crippen molar-refractivity contribution >= 4 is 23.2 Å². The zero-order valence-corrected chi connectivity index (χ0v) is 17.7. The van der Waals surface area contributed by atoms with E-state index in [0.29, 0.717) is 41.7 Å². The number of hydrogen-bond donors (Lipinski definition) is 2. The van der Waals surface area contributed by atoms with Gasteiger partial charge in [0, 0.05) is 36.2 Å². The third kappa shape index (κ3) is 6.67. The minimum Gasteiger partial charge on any atom is -0.494 e. The molecule has 2 N–H and O–H groups in total. The summed E-state index contributed by atoms with van der Waals surface area (Å²) in [6.07, 6.45) is 2.31. The maximum Gasteiger partial charge on any atom is 0.255 e. The summed E-state index contributed by atoms with van der Waals surface area (Å²) in [5.41, 5.74) is 1.77. The van der Waals surface area contributed by atoms with E-state index in [4.69, 9.17) is 9.26 Å². The first kappa shape index (κ1) is 22.0. The lowest BCUT2D eigenvalue weighted by atomic mass is 10.2. The number of nitrogens with zero attached hydrogens (tertiary/aromatic N) is 2. The van der Waals surface area contributed by atoms with Gasteiger partial charge in [-0.3, -0.25) is 9.59 Å². The third-order valence-electron chi connectivity index (χ3n) is 4.40. The molecule has 0 aliphatic heterocycles. The van der Waals surface area contributed by atoms with Crippen LogP contribution in [0.15, 0.2) is 53.1 Å². The second-order valence-electron chi connectivity index (χ2n) is 6.89. The molecular weight excluding hydrogens is 396 g/mol. The monoisotopic (exact) mass is 422 g/mol. The number of amides is 2. The molecule has 162 valence electrons. The first-order valence-corrected chi connectivity index (χ1v) is 10.3. The maximum atomic E-state index is 12.4. The molecule has 0 atom stereocenters. The Morgan fingerprint density at radius 2 is 1.61 bits per heavy atom. The molecule has 0 saturated heterocycles. The van der Waals surface area contributed by atoms with Gasteiger partial charge in [0.1, 0.15) is 5.75 Å². The SMILES string of the molecule is CCCc1noc(CCC(=O)Nc2ccc(C(=O)Nc3ccc(OCC)cc3)cc2)n1. The number of aryl methyl sites for hydroxylation is 2. The number of nitrogens with one attached hydrogen (secondary N) is 2. The molecule has 31 heavy (non-hydrogen) atoms. The predicted octanol–water partition coefficient (Wildman–Crippen LogP) is 4.24. The van der Waals surface area contributed by atoms with E-state index in [-0.39, 0.29) is 18.2 Å². The molecule has 3 aromatic rings. The van der Waals surface area contributed by atoms with E-state index >= 15 is 0 Å². The van der Waals surface area contributed by atoms with Crippen LogP contribution in [0.25, 0.3) is 0 Å². The number of anilines is 2. The molecule has 1 heterocycles. The largest absolute Gasteiger partial charge is 0.494 e. The topological polar surface area (TPSA) is 106 Å². The van der Waals surface area contributed by atoms with Crippen LogP contribution >= 0.6 is 0 Å². The summed E-state index contributed by atoms with van der Waals surface area (Å²) in [5, 5.41) is 9.51. The fourth-order valence-corrected chi connectivity index (χ4v) is 2.87. The molecule has 0 saturated carbocycles. The van der Waals surface area contributed by atoms with Crippen molar-refractivity contribution in [2.45, 2.75) is 39.5 Å². The van der Waals surface area contributed by atoms with Gasteiger partial charge in [0.2, 0.25) is 11.8 Å². The van der Waals surface area contributed by atoms with Gasteiger partial charge in [0.05, 0.1) is 6.61 Å². The summed E-state index contributed by atoms with van der Waals surface area (Å²) in [4.78, 5) is 28.8. The number of benzene rings is 2. The lowest BCUT2D eigenvalue weighted by molar-refractivity contribution is -0.116. The van der Waals surface area contributed by atoms with Crippen molar-refractivity contribution in [3.63, 3.8) is 0 Å².